The van der Waals surface area contributed by atoms with E-state index in [-0.39, 0.29) is 10.1 Å². The summed E-state index contributed by atoms with van der Waals surface area (Å²) < 4.78 is 34.9. The van der Waals surface area contributed by atoms with Crippen LogP contribution in [0.15, 0.2) is 39.9 Å². The first kappa shape index (κ1) is 26.0. The van der Waals surface area contributed by atoms with Gasteiger partial charge in [0.1, 0.15) is 10.3 Å². The first-order valence-electron chi connectivity index (χ1n) is 12.2. The highest BCUT2D eigenvalue weighted by Gasteiger charge is 2.40. The van der Waals surface area contributed by atoms with Crippen LogP contribution < -0.4 is 4.90 Å². The number of piperidine rings is 1. The van der Waals surface area contributed by atoms with Crippen LogP contribution in [0.4, 0.5) is 5.13 Å². The van der Waals surface area contributed by atoms with Gasteiger partial charge in [0.05, 0.1) is 23.4 Å². The number of morpholine rings is 1. The fourth-order valence-electron chi connectivity index (χ4n) is 4.72. The Morgan fingerprint density at radius 3 is 2.81 bits per heavy atom. The SMILES string of the molecule is O=C(C1CCCCN1S(=O)(=O)c1cccs1)N(CCCN1CCOCC1)c1nc2ccc(Cl)cc2s1. The number of carbonyl (C=O) groups is 1. The molecule has 8 nitrogen and oxygen atoms in total. The molecule has 2 aliphatic rings. The molecule has 12 heteroatoms. The van der Waals surface area contributed by atoms with Gasteiger partial charge in [-0.3, -0.25) is 14.6 Å². The Labute approximate surface area is 224 Å². The number of carbonyl (C=O) groups excluding carboxylic acids is 1. The van der Waals surface area contributed by atoms with Crippen LogP contribution in [0, 0.1) is 0 Å². The van der Waals surface area contributed by atoms with Crippen LogP contribution in [0.3, 0.4) is 0 Å². The highest BCUT2D eigenvalue weighted by molar-refractivity contribution is 7.91. The average Bonchev–Trinajstić information content (AvgIpc) is 3.57. The van der Waals surface area contributed by atoms with Crippen molar-refractivity contribution in [3.63, 3.8) is 0 Å². The second kappa shape index (κ2) is 11.4. The molecule has 1 atom stereocenters. The Kier molecular flexibility index (Phi) is 8.26. The molecule has 3 aromatic rings. The number of halogens is 1. The van der Waals surface area contributed by atoms with Crippen LogP contribution >= 0.6 is 34.3 Å². The van der Waals surface area contributed by atoms with E-state index in [1.165, 1.54) is 27.0 Å². The van der Waals surface area contributed by atoms with Crippen molar-refractivity contribution < 1.29 is 17.9 Å². The lowest BCUT2D eigenvalue weighted by atomic mass is 10.0. The number of rotatable bonds is 8. The third-order valence-corrected chi connectivity index (χ3v) is 11.2. The normalized spacial score (nSPS) is 20.1. The maximum atomic E-state index is 14.1. The number of ether oxygens (including phenoxy) is 1. The number of anilines is 1. The van der Waals surface area contributed by atoms with Crippen molar-refractivity contribution in [1.82, 2.24) is 14.2 Å². The van der Waals surface area contributed by atoms with Crippen molar-refractivity contribution in [2.45, 2.75) is 35.9 Å². The van der Waals surface area contributed by atoms with Crippen LogP contribution in [-0.2, 0) is 19.6 Å². The maximum Gasteiger partial charge on any atom is 0.253 e. The quantitative estimate of drug-likeness (QED) is 0.403. The zero-order valence-electron chi connectivity index (χ0n) is 19.8. The molecule has 2 aliphatic heterocycles. The number of fused-ring (bicyclic) bond motifs is 1. The number of aromatic nitrogens is 1. The molecule has 4 heterocycles. The summed E-state index contributed by atoms with van der Waals surface area (Å²) in [7, 11) is -3.75. The Hall–Kier alpha value is -1.60. The molecule has 2 saturated heterocycles. The number of benzene rings is 1. The van der Waals surface area contributed by atoms with Gasteiger partial charge >= 0.3 is 0 Å². The lowest BCUT2D eigenvalue weighted by Gasteiger charge is -2.36. The number of thiazole rings is 1. The largest absolute Gasteiger partial charge is 0.379 e. The maximum absolute atomic E-state index is 14.1. The van der Waals surface area contributed by atoms with Gasteiger partial charge < -0.3 is 4.74 Å². The molecule has 0 bridgehead atoms. The summed E-state index contributed by atoms with van der Waals surface area (Å²) in [6.45, 7) is 4.84. The van der Waals surface area contributed by atoms with E-state index in [2.05, 4.69) is 4.90 Å². The Morgan fingerprint density at radius 2 is 2.03 bits per heavy atom. The monoisotopic (exact) mass is 568 g/mol. The predicted molar refractivity (Wildman–Crippen MR) is 145 cm³/mol. The van der Waals surface area contributed by atoms with Crippen LogP contribution in [0.2, 0.25) is 5.02 Å². The minimum absolute atomic E-state index is 0.207. The predicted octanol–water partition coefficient (Wildman–Crippen LogP) is 4.31. The van der Waals surface area contributed by atoms with Gasteiger partial charge in [-0.25, -0.2) is 13.4 Å². The van der Waals surface area contributed by atoms with Crippen molar-refractivity contribution in [3.05, 3.63) is 40.7 Å². The molecule has 1 amide bonds. The highest BCUT2D eigenvalue weighted by atomic mass is 35.5. The minimum atomic E-state index is -3.75. The molecule has 194 valence electrons. The standard InChI is InChI=1S/C24H29ClN4O4S3/c25-18-7-8-19-21(17-18)35-24(26-19)28(10-4-9-27-12-14-33-15-13-27)23(30)20-5-1-2-11-29(20)36(31,32)22-6-3-16-34-22/h3,6-8,16-17,20H,1-2,4-5,9-15H2. The van der Waals surface area contributed by atoms with Gasteiger partial charge in [-0.1, -0.05) is 35.4 Å². The van der Waals surface area contributed by atoms with E-state index in [1.54, 1.807) is 28.5 Å². The minimum Gasteiger partial charge on any atom is -0.379 e. The van der Waals surface area contributed by atoms with E-state index < -0.39 is 16.1 Å². The second-order valence-electron chi connectivity index (χ2n) is 8.97. The molecule has 5 rings (SSSR count). The van der Waals surface area contributed by atoms with Crippen molar-refractivity contribution >= 4 is 65.6 Å². The molecule has 0 saturated carbocycles. The van der Waals surface area contributed by atoms with Gasteiger partial charge in [0.25, 0.3) is 10.0 Å². The molecule has 0 N–H and O–H groups in total. The topological polar surface area (TPSA) is 83.1 Å². The molecule has 0 spiro atoms. The zero-order chi connectivity index (χ0) is 25.1. The molecule has 36 heavy (non-hydrogen) atoms. The fraction of sp³-hybridized carbons (Fsp3) is 0.500. The summed E-state index contributed by atoms with van der Waals surface area (Å²) in [5, 5.41) is 2.94. The van der Waals surface area contributed by atoms with Crippen LogP contribution in [0.5, 0.6) is 0 Å². The van der Waals surface area contributed by atoms with E-state index >= 15 is 0 Å². The smallest absolute Gasteiger partial charge is 0.253 e. The van der Waals surface area contributed by atoms with Crippen molar-refractivity contribution in [1.29, 1.82) is 0 Å². The second-order valence-corrected chi connectivity index (χ2v) is 13.5. The summed E-state index contributed by atoms with van der Waals surface area (Å²) in [6.07, 6.45) is 2.81. The molecule has 0 aliphatic carbocycles. The van der Waals surface area contributed by atoms with Gasteiger partial charge in [-0.15, -0.1) is 11.3 Å². The molecule has 1 unspecified atom stereocenters. The average molecular weight is 569 g/mol. The summed E-state index contributed by atoms with van der Waals surface area (Å²) in [6, 6.07) is 8.07. The van der Waals surface area contributed by atoms with Crippen molar-refractivity contribution in [2.75, 3.05) is 50.8 Å². The van der Waals surface area contributed by atoms with Gasteiger partial charge in [0, 0.05) is 37.7 Å². The number of sulfonamides is 1. The third kappa shape index (κ3) is 5.62. The number of hydrogen-bond acceptors (Lipinski definition) is 8. The highest BCUT2D eigenvalue weighted by Crippen LogP contribution is 2.34. The first-order valence-corrected chi connectivity index (χ1v) is 15.7. The number of thiophene rings is 1. The Morgan fingerprint density at radius 1 is 1.19 bits per heavy atom. The summed E-state index contributed by atoms with van der Waals surface area (Å²) >= 11 is 8.79. The molecule has 2 fully saturated rings. The lowest BCUT2D eigenvalue weighted by Crippen LogP contribution is -2.53. The third-order valence-electron chi connectivity index (χ3n) is 6.59. The van der Waals surface area contributed by atoms with Crippen LogP contribution in [-0.4, -0.2) is 80.5 Å². The van der Waals surface area contributed by atoms with Gasteiger partial charge in [-0.05, 0) is 48.9 Å². The number of nitrogens with zero attached hydrogens (tertiary/aromatic N) is 4. The Balaban J connectivity index is 1.42. The molecule has 2 aromatic heterocycles. The van der Waals surface area contributed by atoms with E-state index in [0.717, 1.165) is 62.3 Å². The molecular formula is C24H29ClN4O4S3. The van der Waals surface area contributed by atoms with Crippen LogP contribution in [0.25, 0.3) is 10.2 Å². The number of hydrogen-bond donors (Lipinski definition) is 0. The van der Waals surface area contributed by atoms with Crippen molar-refractivity contribution in [3.8, 4) is 0 Å². The summed E-state index contributed by atoms with van der Waals surface area (Å²) in [4.78, 5) is 22.9. The summed E-state index contributed by atoms with van der Waals surface area (Å²) in [5.41, 5.74) is 0.775. The Bertz CT molecular complexity index is 1290. The van der Waals surface area contributed by atoms with E-state index in [9.17, 15) is 13.2 Å². The number of amides is 1. The van der Waals surface area contributed by atoms with E-state index in [0.29, 0.717) is 29.7 Å². The van der Waals surface area contributed by atoms with E-state index in [4.69, 9.17) is 21.3 Å². The van der Waals surface area contributed by atoms with Gasteiger partial charge in [-0.2, -0.15) is 4.31 Å². The van der Waals surface area contributed by atoms with Crippen molar-refractivity contribution in [2.24, 2.45) is 0 Å². The van der Waals surface area contributed by atoms with Gasteiger partial charge in [0.2, 0.25) is 5.91 Å². The molecule has 1 aromatic carbocycles. The molecular weight excluding hydrogens is 540 g/mol. The fourth-order valence-corrected chi connectivity index (χ4v) is 8.77. The molecule has 0 radical (unpaired) electrons. The van der Waals surface area contributed by atoms with E-state index in [1.807, 2.05) is 12.1 Å². The van der Waals surface area contributed by atoms with Gasteiger partial charge in [0.15, 0.2) is 5.13 Å². The summed E-state index contributed by atoms with van der Waals surface area (Å²) in [5.74, 6) is -0.207. The lowest BCUT2D eigenvalue weighted by molar-refractivity contribution is -0.123. The first-order chi connectivity index (χ1) is 17.4. The van der Waals surface area contributed by atoms with Crippen LogP contribution in [0.1, 0.15) is 25.7 Å². The zero-order valence-corrected chi connectivity index (χ0v) is 23.0.